The predicted molar refractivity (Wildman–Crippen MR) is 76.2 cm³/mol. The van der Waals surface area contributed by atoms with Crippen molar-refractivity contribution in [1.29, 1.82) is 0 Å². The standard InChI is InChI=1S/C14H18N2O2S/c1-10-7-13(19-12(10)3-2-5-15)14(17)16-8-11-4-6-18-9-11/h7,11H,4-6,8-9,15H2,1H3,(H,16,17). The number of hydrogen-bond donors (Lipinski definition) is 2. The quantitative estimate of drug-likeness (QED) is 0.815. The van der Waals surface area contributed by atoms with Crippen molar-refractivity contribution < 1.29 is 9.53 Å². The molecule has 1 fully saturated rings. The van der Waals surface area contributed by atoms with Crippen LogP contribution in [0.15, 0.2) is 6.07 Å². The maximum atomic E-state index is 12.0. The lowest BCUT2D eigenvalue weighted by molar-refractivity contribution is 0.0949. The molecule has 0 saturated carbocycles. The van der Waals surface area contributed by atoms with Gasteiger partial charge >= 0.3 is 0 Å². The maximum Gasteiger partial charge on any atom is 0.261 e. The number of rotatable bonds is 3. The largest absolute Gasteiger partial charge is 0.381 e. The second-order valence-corrected chi connectivity index (χ2v) is 5.62. The molecule has 1 aromatic heterocycles. The molecule has 5 heteroatoms. The molecule has 0 radical (unpaired) electrons. The lowest BCUT2D eigenvalue weighted by Gasteiger charge is -2.07. The first-order chi connectivity index (χ1) is 9.20. The Bertz CT molecular complexity index is 507. The first kappa shape index (κ1) is 14.1. The number of amides is 1. The molecule has 1 saturated heterocycles. The van der Waals surface area contributed by atoms with Crippen molar-refractivity contribution in [3.05, 3.63) is 21.4 Å². The Kier molecular flexibility index (Phi) is 4.97. The molecule has 19 heavy (non-hydrogen) atoms. The van der Waals surface area contributed by atoms with Crippen molar-refractivity contribution in [3.8, 4) is 11.8 Å². The van der Waals surface area contributed by atoms with E-state index in [1.807, 2.05) is 13.0 Å². The summed E-state index contributed by atoms with van der Waals surface area (Å²) in [5, 5.41) is 2.96. The van der Waals surface area contributed by atoms with Crippen molar-refractivity contribution in [2.24, 2.45) is 11.7 Å². The molecule has 3 N–H and O–H groups in total. The van der Waals surface area contributed by atoms with Crippen molar-refractivity contribution in [1.82, 2.24) is 5.32 Å². The van der Waals surface area contributed by atoms with Gasteiger partial charge in [-0.25, -0.2) is 0 Å². The zero-order valence-electron chi connectivity index (χ0n) is 11.0. The summed E-state index contributed by atoms with van der Waals surface area (Å²) in [4.78, 5) is 13.6. The van der Waals surface area contributed by atoms with E-state index in [0.29, 0.717) is 23.9 Å². The minimum atomic E-state index is -0.0270. The van der Waals surface area contributed by atoms with Gasteiger partial charge in [-0.3, -0.25) is 4.79 Å². The molecule has 1 aliphatic heterocycles. The Morgan fingerprint density at radius 1 is 1.68 bits per heavy atom. The number of thiophene rings is 1. The zero-order chi connectivity index (χ0) is 13.7. The summed E-state index contributed by atoms with van der Waals surface area (Å²) in [5.41, 5.74) is 6.38. The third-order valence-electron chi connectivity index (χ3n) is 3.02. The second kappa shape index (κ2) is 6.71. The number of nitrogens with two attached hydrogens (primary N) is 1. The van der Waals surface area contributed by atoms with Gasteiger partial charge in [0.05, 0.1) is 22.9 Å². The van der Waals surface area contributed by atoms with Gasteiger partial charge in [0.2, 0.25) is 0 Å². The van der Waals surface area contributed by atoms with E-state index < -0.39 is 0 Å². The first-order valence-electron chi connectivity index (χ1n) is 6.36. The molecular formula is C14H18N2O2S. The molecule has 1 atom stereocenters. The Balaban J connectivity index is 1.94. The van der Waals surface area contributed by atoms with Crippen LogP contribution >= 0.6 is 11.3 Å². The van der Waals surface area contributed by atoms with Crippen LogP contribution in [0.3, 0.4) is 0 Å². The second-order valence-electron chi connectivity index (χ2n) is 4.57. The van der Waals surface area contributed by atoms with Crippen LogP contribution < -0.4 is 11.1 Å². The fourth-order valence-corrected chi connectivity index (χ4v) is 2.88. The summed E-state index contributed by atoms with van der Waals surface area (Å²) in [7, 11) is 0. The molecule has 1 aliphatic rings. The third kappa shape index (κ3) is 3.80. The number of carbonyl (C=O) groups is 1. The van der Waals surface area contributed by atoms with Crippen LogP contribution in [0, 0.1) is 24.7 Å². The van der Waals surface area contributed by atoms with Crippen LogP contribution in [0.1, 0.15) is 26.5 Å². The van der Waals surface area contributed by atoms with Crippen LogP contribution in [0.2, 0.25) is 0 Å². The molecule has 4 nitrogen and oxygen atoms in total. The fourth-order valence-electron chi connectivity index (χ4n) is 1.92. The van der Waals surface area contributed by atoms with Crippen molar-refractivity contribution >= 4 is 17.2 Å². The Morgan fingerprint density at radius 2 is 2.53 bits per heavy atom. The highest BCUT2D eigenvalue weighted by Crippen LogP contribution is 2.21. The molecular weight excluding hydrogens is 260 g/mol. The number of nitrogens with one attached hydrogen (secondary N) is 1. The summed E-state index contributed by atoms with van der Waals surface area (Å²) < 4.78 is 5.28. The van der Waals surface area contributed by atoms with Gasteiger partial charge in [0.25, 0.3) is 5.91 Å². The zero-order valence-corrected chi connectivity index (χ0v) is 11.8. The Labute approximate surface area is 117 Å². The van der Waals surface area contributed by atoms with Crippen molar-refractivity contribution in [2.75, 3.05) is 26.3 Å². The minimum absolute atomic E-state index is 0.0270. The first-order valence-corrected chi connectivity index (χ1v) is 7.17. The van der Waals surface area contributed by atoms with Crippen LogP contribution in [-0.2, 0) is 4.74 Å². The van der Waals surface area contributed by atoms with E-state index in [2.05, 4.69) is 17.2 Å². The lowest BCUT2D eigenvalue weighted by Crippen LogP contribution is -2.28. The van der Waals surface area contributed by atoms with Crippen molar-refractivity contribution in [3.63, 3.8) is 0 Å². The lowest BCUT2D eigenvalue weighted by atomic mass is 10.1. The highest BCUT2D eigenvalue weighted by molar-refractivity contribution is 7.14. The molecule has 0 aliphatic carbocycles. The molecule has 0 bridgehead atoms. The highest BCUT2D eigenvalue weighted by Gasteiger charge is 2.17. The molecule has 0 spiro atoms. The van der Waals surface area contributed by atoms with E-state index in [-0.39, 0.29) is 5.91 Å². The van der Waals surface area contributed by atoms with Gasteiger partial charge < -0.3 is 15.8 Å². The predicted octanol–water partition coefficient (Wildman–Crippen LogP) is 1.13. The monoisotopic (exact) mass is 278 g/mol. The van der Waals surface area contributed by atoms with Crippen LogP contribution in [0.4, 0.5) is 0 Å². The Morgan fingerprint density at radius 3 is 3.21 bits per heavy atom. The van der Waals surface area contributed by atoms with Crippen LogP contribution in [-0.4, -0.2) is 32.2 Å². The number of hydrogen-bond acceptors (Lipinski definition) is 4. The molecule has 1 amide bonds. The molecule has 2 rings (SSSR count). The average molecular weight is 278 g/mol. The smallest absolute Gasteiger partial charge is 0.261 e. The van der Waals surface area contributed by atoms with Crippen LogP contribution in [0.25, 0.3) is 0 Å². The topological polar surface area (TPSA) is 64.3 Å². The van der Waals surface area contributed by atoms with Gasteiger partial charge in [0.15, 0.2) is 0 Å². The van der Waals surface area contributed by atoms with Gasteiger partial charge in [0.1, 0.15) is 0 Å². The summed E-state index contributed by atoms with van der Waals surface area (Å²) >= 11 is 1.42. The van der Waals surface area contributed by atoms with E-state index in [1.165, 1.54) is 11.3 Å². The van der Waals surface area contributed by atoms with Gasteiger partial charge in [-0.05, 0) is 25.0 Å². The average Bonchev–Trinajstić information content (AvgIpc) is 3.03. The van der Waals surface area contributed by atoms with Gasteiger partial charge in [-0.1, -0.05) is 11.8 Å². The molecule has 2 heterocycles. The fraction of sp³-hybridized carbons (Fsp3) is 0.500. The molecule has 1 aromatic rings. The number of ether oxygens (including phenoxy) is 1. The molecule has 0 aromatic carbocycles. The number of aryl methyl sites for hydroxylation is 1. The third-order valence-corrected chi connectivity index (χ3v) is 4.17. The van der Waals surface area contributed by atoms with E-state index in [1.54, 1.807) is 0 Å². The van der Waals surface area contributed by atoms with E-state index in [9.17, 15) is 4.79 Å². The van der Waals surface area contributed by atoms with Gasteiger partial charge in [-0.2, -0.15) is 0 Å². The summed E-state index contributed by atoms with van der Waals surface area (Å²) in [5.74, 6) is 6.22. The van der Waals surface area contributed by atoms with E-state index in [0.717, 1.165) is 30.1 Å². The minimum Gasteiger partial charge on any atom is -0.381 e. The molecule has 102 valence electrons. The normalized spacial score (nSPS) is 17.9. The maximum absolute atomic E-state index is 12.0. The van der Waals surface area contributed by atoms with Crippen molar-refractivity contribution in [2.45, 2.75) is 13.3 Å². The Hall–Kier alpha value is -1.35. The SMILES string of the molecule is Cc1cc(C(=O)NCC2CCOC2)sc1C#CCN. The van der Waals surface area contributed by atoms with E-state index >= 15 is 0 Å². The highest BCUT2D eigenvalue weighted by atomic mass is 32.1. The molecule has 1 unspecified atom stereocenters. The van der Waals surface area contributed by atoms with E-state index in [4.69, 9.17) is 10.5 Å². The summed E-state index contributed by atoms with van der Waals surface area (Å²) in [6, 6.07) is 1.88. The summed E-state index contributed by atoms with van der Waals surface area (Å²) in [6.45, 7) is 4.52. The van der Waals surface area contributed by atoms with Gasteiger partial charge in [0, 0.05) is 19.1 Å². The van der Waals surface area contributed by atoms with Gasteiger partial charge in [-0.15, -0.1) is 11.3 Å². The summed E-state index contributed by atoms with van der Waals surface area (Å²) in [6.07, 6.45) is 1.02. The van der Waals surface area contributed by atoms with Crippen LogP contribution in [0.5, 0.6) is 0 Å². The number of carbonyl (C=O) groups excluding carboxylic acids is 1.